The SMILES string of the molecule is CCCCc1ccc(C#Cc2ccc(C#Cc3ccc4cc(CCC)ccc4c3F)cc2)cc1. The molecule has 0 heterocycles. The summed E-state index contributed by atoms with van der Waals surface area (Å²) in [5.41, 5.74) is 5.79. The molecule has 0 nitrogen and oxygen atoms in total. The number of rotatable bonds is 5. The molecule has 4 rings (SSSR count). The van der Waals surface area contributed by atoms with Gasteiger partial charge in [0.2, 0.25) is 0 Å². The second-order valence-electron chi connectivity index (χ2n) is 8.61. The third kappa shape index (κ3) is 5.95. The monoisotopic (exact) mass is 444 g/mol. The maximum atomic E-state index is 15.0. The minimum atomic E-state index is -0.253. The van der Waals surface area contributed by atoms with Gasteiger partial charge in [0.05, 0.1) is 5.56 Å². The van der Waals surface area contributed by atoms with Crippen LogP contribution in [0, 0.1) is 29.5 Å². The van der Waals surface area contributed by atoms with E-state index in [4.69, 9.17) is 0 Å². The largest absolute Gasteiger partial charge is 0.205 e. The van der Waals surface area contributed by atoms with Gasteiger partial charge < -0.3 is 0 Å². The molecule has 4 aromatic rings. The lowest BCUT2D eigenvalue weighted by Gasteiger charge is -2.05. The zero-order valence-corrected chi connectivity index (χ0v) is 19.9. The Morgan fingerprint density at radius 3 is 1.79 bits per heavy atom. The van der Waals surface area contributed by atoms with Gasteiger partial charge in [-0.25, -0.2) is 4.39 Å². The van der Waals surface area contributed by atoms with Crippen LogP contribution in [0.4, 0.5) is 4.39 Å². The number of benzene rings is 4. The summed E-state index contributed by atoms with van der Waals surface area (Å²) < 4.78 is 15.0. The fraction of sp³-hybridized carbons (Fsp3) is 0.212. The smallest absolute Gasteiger partial charge is 0.146 e. The molecular formula is C33H29F. The van der Waals surface area contributed by atoms with Crippen LogP contribution in [0.15, 0.2) is 78.9 Å². The normalized spacial score (nSPS) is 10.3. The van der Waals surface area contributed by atoms with Crippen LogP contribution >= 0.6 is 0 Å². The van der Waals surface area contributed by atoms with Gasteiger partial charge in [-0.15, -0.1) is 0 Å². The molecule has 168 valence electrons. The van der Waals surface area contributed by atoms with E-state index in [0.29, 0.717) is 10.9 Å². The van der Waals surface area contributed by atoms with Crippen molar-refractivity contribution in [2.75, 3.05) is 0 Å². The van der Waals surface area contributed by atoms with Crippen molar-refractivity contribution in [2.24, 2.45) is 0 Å². The quantitative estimate of drug-likeness (QED) is 0.273. The van der Waals surface area contributed by atoms with Crippen LogP contribution in [0.2, 0.25) is 0 Å². The van der Waals surface area contributed by atoms with Crippen molar-refractivity contribution in [2.45, 2.75) is 46.0 Å². The van der Waals surface area contributed by atoms with E-state index in [1.807, 2.05) is 42.5 Å². The molecule has 0 fully saturated rings. The van der Waals surface area contributed by atoms with Crippen LogP contribution < -0.4 is 0 Å². The van der Waals surface area contributed by atoms with Crippen LogP contribution in [0.25, 0.3) is 10.8 Å². The first kappa shape index (κ1) is 23.4. The van der Waals surface area contributed by atoms with Crippen LogP contribution in [0.3, 0.4) is 0 Å². The molecule has 0 saturated carbocycles. The van der Waals surface area contributed by atoms with E-state index >= 15 is 0 Å². The highest BCUT2D eigenvalue weighted by Crippen LogP contribution is 2.23. The predicted octanol–water partition coefficient (Wildman–Crippen LogP) is 8.07. The van der Waals surface area contributed by atoms with Gasteiger partial charge in [0.1, 0.15) is 5.82 Å². The summed E-state index contributed by atoms with van der Waals surface area (Å²) in [5.74, 6) is 12.3. The lowest BCUT2D eigenvalue weighted by Crippen LogP contribution is -1.89. The van der Waals surface area contributed by atoms with Crippen LogP contribution in [-0.2, 0) is 12.8 Å². The lowest BCUT2D eigenvalue weighted by molar-refractivity contribution is 0.636. The zero-order valence-electron chi connectivity index (χ0n) is 19.9. The van der Waals surface area contributed by atoms with Crippen molar-refractivity contribution in [1.82, 2.24) is 0 Å². The van der Waals surface area contributed by atoms with Gasteiger partial charge >= 0.3 is 0 Å². The van der Waals surface area contributed by atoms with Crippen molar-refractivity contribution in [3.8, 4) is 23.7 Å². The molecule has 0 aliphatic rings. The standard InChI is InChI=1S/C33H29F/c1-3-5-7-25-8-10-26(11-9-25)12-13-27-14-16-28(17-15-27)18-20-30-21-22-31-24-29(6-4-2)19-23-32(31)33(30)34/h8-11,14-17,19,21-24H,3-7H2,1-2H3. The van der Waals surface area contributed by atoms with Gasteiger partial charge in [0, 0.05) is 22.1 Å². The number of halogens is 1. The summed E-state index contributed by atoms with van der Waals surface area (Å²) in [6.07, 6.45) is 5.63. The number of unbranched alkanes of at least 4 members (excludes halogenated alkanes) is 1. The van der Waals surface area contributed by atoms with Gasteiger partial charge in [-0.3, -0.25) is 0 Å². The molecule has 1 heteroatoms. The summed E-state index contributed by atoms with van der Waals surface area (Å²) >= 11 is 0. The second kappa shape index (κ2) is 11.4. The van der Waals surface area contributed by atoms with Crippen molar-refractivity contribution in [3.63, 3.8) is 0 Å². The van der Waals surface area contributed by atoms with Crippen LogP contribution in [-0.4, -0.2) is 0 Å². The number of hydrogen-bond acceptors (Lipinski definition) is 0. The molecule has 0 aromatic heterocycles. The van der Waals surface area contributed by atoms with Crippen molar-refractivity contribution >= 4 is 10.8 Å². The van der Waals surface area contributed by atoms with Gasteiger partial charge in [-0.05, 0) is 78.2 Å². The second-order valence-corrected chi connectivity index (χ2v) is 8.61. The molecule has 0 radical (unpaired) electrons. The molecule has 0 spiro atoms. The van der Waals surface area contributed by atoms with Crippen LogP contribution in [0.1, 0.15) is 66.5 Å². The first-order valence-corrected chi connectivity index (χ1v) is 12.1. The molecule has 4 aromatic carbocycles. The Morgan fingerprint density at radius 1 is 0.588 bits per heavy atom. The van der Waals surface area contributed by atoms with E-state index in [1.54, 1.807) is 6.07 Å². The van der Waals surface area contributed by atoms with E-state index in [2.05, 4.69) is 67.9 Å². The maximum absolute atomic E-state index is 15.0. The minimum absolute atomic E-state index is 0.253. The summed E-state index contributed by atoms with van der Waals surface area (Å²) in [4.78, 5) is 0. The molecule has 34 heavy (non-hydrogen) atoms. The molecule has 0 N–H and O–H groups in total. The Hall–Kier alpha value is -3.81. The first-order valence-electron chi connectivity index (χ1n) is 12.1. The molecule has 0 aliphatic heterocycles. The van der Waals surface area contributed by atoms with E-state index in [-0.39, 0.29) is 5.82 Å². The van der Waals surface area contributed by atoms with E-state index in [0.717, 1.165) is 41.3 Å². The number of hydrogen-bond donors (Lipinski definition) is 0. The zero-order chi connectivity index (χ0) is 23.8. The molecule has 0 bridgehead atoms. The van der Waals surface area contributed by atoms with E-state index in [1.165, 1.54) is 24.0 Å². The summed E-state index contributed by atoms with van der Waals surface area (Å²) in [5, 5.41) is 1.54. The Balaban J connectivity index is 1.46. The van der Waals surface area contributed by atoms with Gasteiger partial charge in [-0.1, -0.05) is 86.8 Å². The fourth-order valence-corrected chi connectivity index (χ4v) is 3.94. The van der Waals surface area contributed by atoms with Gasteiger partial charge in [0.25, 0.3) is 0 Å². The Labute approximate surface area is 202 Å². The summed E-state index contributed by atoms with van der Waals surface area (Å²) in [7, 11) is 0. The Morgan fingerprint density at radius 2 is 1.18 bits per heavy atom. The Kier molecular flexibility index (Phi) is 7.80. The summed E-state index contributed by atoms with van der Waals surface area (Å²) in [6, 6.07) is 25.9. The number of fused-ring (bicyclic) bond motifs is 1. The fourth-order valence-electron chi connectivity index (χ4n) is 3.94. The third-order valence-corrected chi connectivity index (χ3v) is 5.91. The topological polar surface area (TPSA) is 0 Å². The highest BCUT2D eigenvalue weighted by atomic mass is 19.1. The highest BCUT2D eigenvalue weighted by Gasteiger charge is 2.06. The van der Waals surface area contributed by atoms with Crippen molar-refractivity contribution in [3.05, 3.63) is 118 Å². The van der Waals surface area contributed by atoms with Gasteiger partial charge in [-0.2, -0.15) is 0 Å². The average Bonchev–Trinajstić information content (AvgIpc) is 2.87. The van der Waals surface area contributed by atoms with E-state index < -0.39 is 0 Å². The van der Waals surface area contributed by atoms with Crippen molar-refractivity contribution < 1.29 is 4.39 Å². The molecule has 0 unspecified atom stereocenters. The summed E-state index contributed by atoms with van der Waals surface area (Å²) in [6.45, 7) is 4.36. The molecule has 0 atom stereocenters. The van der Waals surface area contributed by atoms with Gasteiger partial charge in [0.15, 0.2) is 0 Å². The maximum Gasteiger partial charge on any atom is 0.146 e. The minimum Gasteiger partial charge on any atom is -0.205 e. The lowest BCUT2D eigenvalue weighted by atomic mass is 10.0. The average molecular weight is 445 g/mol. The highest BCUT2D eigenvalue weighted by molar-refractivity contribution is 5.85. The third-order valence-electron chi connectivity index (χ3n) is 5.91. The van der Waals surface area contributed by atoms with Crippen molar-refractivity contribution in [1.29, 1.82) is 0 Å². The first-order chi connectivity index (χ1) is 16.7. The Bertz CT molecular complexity index is 1390. The molecule has 0 saturated heterocycles. The molecular weight excluding hydrogens is 415 g/mol. The van der Waals surface area contributed by atoms with Crippen LogP contribution in [0.5, 0.6) is 0 Å². The molecule has 0 aliphatic carbocycles. The predicted molar refractivity (Wildman–Crippen MR) is 141 cm³/mol. The number of aryl methyl sites for hydroxylation is 2. The van der Waals surface area contributed by atoms with E-state index in [9.17, 15) is 4.39 Å². The molecule has 0 amide bonds.